The van der Waals surface area contributed by atoms with Gasteiger partial charge < -0.3 is 10.5 Å². The van der Waals surface area contributed by atoms with Gasteiger partial charge in [-0.15, -0.1) is 0 Å². The Bertz CT molecular complexity index is 543. The van der Waals surface area contributed by atoms with Gasteiger partial charge in [-0.25, -0.2) is 13.8 Å². The number of methoxy groups -OCH3 is 1. The Kier molecular flexibility index (Phi) is 2.70. The van der Waals surface area contributed by atoms with Gasteiger partial charge in [0.2, 0.25) is 5.88 Å². The van der Waals surface area contributed by atoms with E-state index in [4.69, 9.17) is 10.5 Å². The van der Waals surface area contributed by atoms with Crippen LogP contribution in [0.4, 0.5) is 8.78 Å². The van der Waals surface area contributed by atoms with Gasteiger partial charge in [0.05, 0.1) is 7.11 Å². The van der Waals surface area contributed by atoms with Crippen LogP contribution in [0.3, 0.4) is 0 Å². The first-order valence-electron chi connectivity index (χ1n) is 4.69. The summed E-state index contributed by atoms with van der Waals surface area (Å²) >= 11 is 0. The van der Waals surface area contributed by atoms with Crippen LogP contribution in [-0.2, 0) is 6.54 Å². The van der Waals surface area contributed by atoms with Crippen molar-refractivity contribution in [3.8, 4) is 5.88 Å². The molecule has 0 aliphatic heterocycles. The summed E-state index contributed by atoms with van der Waals surface area (Å²) in [4.78, 5) is 3.91. The molecule has 3 nitrogen and oxygen atoms in total. The van der Waals surface area contributed by atoms with E-state index >= 15 is 0 Å². The number of aromatic nitrogens is 1. The van der Waals surface area contributed by atoms with E-state index in [9.17, 15) is 8.78 Å². The summed E-state index contributed by atoms with van der Waals surface area (Å²) in [6, 6.07) is 4.16. The van der Waals surface area contributed by atoms with Crippen LogP contribution < -0.4 is 10.5 Å². The van der Waals surface area contributed by atoms with Crippen molar-refractivity contribution >= 4 is 10.9 Å². The normalized spacial score (nSPS) is 10.8. The quantitative estimate of drug-likeness (QED) is 0.848. The van der Waals surface area contributed by atoms with Crippen molar-refractivity contribution in [2.45, 2.75) is 6.54 Å². The van der Waals surface area contributed by atoms with E-state index in [0.717, 1.165) is 6.07 Å². The van der Waals surface area contributed by atoms with Crippen LogP contribution in [0.2, 0.25) is 0 Å². The highest BCUT2D eigenvalue weighted by atomic mass is 19.2. The summed E-state index contributed by atoms with van der Waals surface area (Å²) in [5.41, 5.74) is 6.10. The molecule has 16 heavy (non-hydrogen) atoms. The van der Waals surface area contributed by atoms with E-state index in [2.05, 4.69) is 4.98 Å². The van der Waals surface area contributed by atoms with Crippen molar-refractivity contribution in [2.24, 2.45) is 5.73 Å². The molecule has 2 N–H and O–H groups in total. The lowest BCUT2D eigenvalue weighted by molar-refractivity contribution is 0.393. The topological polar surface area (TPSA) is 48.1 Å². The molecule has 1 aromatic carbocycles. The van der Waals surface area contributed by atoms with E-state index in [1.54, 1.807) is 6.07 Å². The first-order valence-corrected chi connectivity index (χ1v) is 4.69. The number of nitrogens with two attached hydrogens (primary N) is 1. The van der Waals surface area contributed by atoms with Gasteiger partial charge in [0.1, 0.15) is 5.52 Å². The Morgan fingerprint density at radius 3 is 2.75 bits per heavy atom. The molecule has 0 amide bonds. The van der Waals surface area contributed by atoms with Crippen molar-refractivity contribution in [1.82, 2.24) is 4.98 Å². The molecule has 0 saturated heterocycles. The first-order chi connectivity index (χ1) is 7.67. The SMILES string of the molecule is COc1nc2c(F)c(F)ccc2cc1CN. The minimum atomic E-state index is -0.973. The zero-order valence-corrected chi connectivity index (χ0v) is 8.63. The second-order valence-electron chi connectivity index (χ2n) is 3.29. The molecule has 0 aliphatic carbocycles. The molecule has 0 fully saturated rings. The van der Waals surface area contributed by atoms with Crippen molar-refractivity contribution < 1.29 is 13.5 Å². The molecule has 0 radical (unpaired) electrons. The first kappa shape index (κ1) is 10.8. The van der Waals surface area contributed by atoms with E-state index < -0.39 is 11.6 Å². The minimum absolute atomic E-state index is 0.0472. The molecule has 2 rings (SSSR count). The summed E-state index contributed by atoms with van der Waals surface area (Å²) in [6.45, 7) is 0.227. The molecular weight excluding hydrogens is 214 g/mol. The van der Waals surface area contributed by atoms with Crippen LogP contribution in [0.5, 0.6) is 5.88 Å². The van der Waals surface area contributed by atoms with E-state index in [1.807, 2.05) is 0 Å². The Morgan fingerprint density at radius 1 is 1.38 bits per heavy atom. The summed E-state index contributed by atoms with van der Waals surface area (Å²) in [7, 11) is 1.41. The zero-order chi connectivity index (χ0) is 11.7. The van der Waals surface area contributed by atoms with Crippen LogP contribution in [-0.4, -0.2) is 12.1 Å². The molecular formula is C11H10F2N2O. The maximum atomic E-state index is 13.4. The monoisotopic (exact) mass is 224 g/mol. The van der Waals surface area contributed by atoms with Gasteiger partial charge in [0.25, 0.3) is 0 Å². The minimum Gasteiger partial charge on any atom is -0.481 e. The van der Waals surface area contributed by atoms with Gasteiger partial charge in [-0.1, -0.05) is 0 Å². The van der Waals surface area contributed by atoms with E-state index in [1.165, 1.54) is 13.2 Å². The molecule has 0 spiro atoms. The summed E-state index contributed by atoms with van der Waals surface area (Å²) in [5.74, 6) is -1.68. The Hall–Kier alpha value is -1.75. The third kappa shape index (κ3) is 1.59. The molecule has 84 valence electrons. The van der Waals surface area contributed by atoms with Crippen molar-refractivity contribution in [2.75, 3.05) is 7.11 Å². The highest BCUT2D eigenvalue weighted by Gasteiger charge is 2.12. The fourth-order valence-corrected chi connectivity index (χ4v) is 1.53. The summed E-state index contributed by atoms with van der Waals surface area (Å²) in [6.07, 6.45) is 0. The fourth-order valence-electron chi connectivity index (χ4n) is 1.53. The summed E-state index contributed by atoms with van der Waals surface area (Å²) < 4.78 is 31.4. The van der Waals surface area contributed by atoms with Crippen LogP contribution in [0, 0.1) is 11.6 Å². The molecule has 0 saturated carbocycles. The van der Waals surface area contributed by atoms with E-state index in [-0.39, 0.29) is 17.9 Å². The predicted octanol–water partition coefficient (Wildman–Crippen LogP) is 1.98. The molecule has 0 aliphatic rings. The van der Waals surface area contributed by atoms with Crippen molar-refractivity contribution in [1.29, 1.82) is 0 Å². The van der Waals surface area contributed by atoms with Crippen LogP contribution in [0.25, 0.3) is 10.9 Å². The standard InChI is InChI=1S/C11H10F2N2O/c1-16-11-7(5-14)4-6-2-3-8(12)9(13)10(6)15-11/h2-4H,5,14H2,1H3. The molecule has 5 heteroatoms. The van der Waals surface area contributed by atoms with Crippen LogP contribution in [0.15, 0.2) is 18.2 Å². The number of pyridine rings is 1. The second-order valence-corrected chi connectivity index (χ2v) is 3.29. The van der Waals surface area contributed by atoms with Crippen molar-refractivity contribution in [3.63, 3.8) is 0 Å². The maximum absolute atomic E-state index is 13.4. The van der Waals surface area contributed by atoms with Gasteiger partial charge in [0.15, 0.2) is 11.6 Å². The number of ether oxygens (including phenoxy) is 1. The second kappa shape index (κ2) is 4.02. The largest absolute Gasteiger partial charge is 0.481 e. The Morgan fingerprint density at radius 2 is 2.12 bits per heavy atom. The van der Waals surface area contributed by atoms with Gasteiger partial charge in [-0.05, 0) is 18.2 Å². The molecule has 0 atom stereocenters. The number of rotatable bonds is 2. The van der Waals surface area contributed by atoms with Gasteiger partial charge in [0, 0.05) is 17.5 Å². The maximum Gasteiger partial charge on any atom is 0.218 e. The smallest absolute Gasteiger partial charge is 0.218 e. The number of hydrogen-bond donors (Lipinski definition) is 1. The highest BCUT2D eigenvalue weighted by molar-refractivity contribution is 5.80. The average molecular weight is 224 g/mol. The number of halogens is 2. The van der Waals surface area contributed by atoms with Crippen molar-refractivity contribution in [3.05, 3.63) is 35.4 Å². The van der Waals surface area contributed by atoms with E-state index in [0.29, 0.717) is 10.9 Å². The number of nitrogens with zero attached hydrogens (tertiary/aromatic N) is 1. The van der Waals surface area contributed by atoms with Gasteiger partial charge in [-0.3, -0.25) is 0 Å². The van der Waals surface area contributed by atoms with Crippen LogP contribution >= 0.6 is 0 Å². The molecule has 0 unspecified atom stereocenters. The lowest BCUT2D eigenvalue weighted by Crippen LogP contribution is -2.03. The molecule has 2 aromatic rings. The third-order valence-corrected chi connectivity index (χ3v) is 2.33. The van der Waals surface area contributed by atoms with Crippen LogP contribution in [0.1, 0.15) is 5.56 Å². The lowest BCUT2D eigenvalue weighted by Gasteiger charge is -2.08. The molecule has 1 aromatic heterocycles. The fraction of sp³-hybridized carbons (Fsp3) is 0.182. The molecule has 0 bridgehead atoms. The highest BCUT2D eigenvalue weighted by Crippen LogP contribution is 2.24. The summed E-state index contributed by atoms with van der Waals surface area (Å²) in [5, 5.41) is 0.500. The Labute approximate surface area is 90.8 Å². The lowest BCUT2D eigenvalue weighted by atomic mass is 10.1. The molecule has 1 heterocycles. The van der Waals surface area contributed by atoms with Gasteiger partial charge in [-0.2, -0.15) is 0 Å². The number of hydrogen-bond acceptors (Lipinski definition) is 3. The number of fused-ring (bicyclic) bond motifs is 1. The predicted molar refractivity (Wildman–Crippen MR) is 56.1 cm³/mol. The third-order valence-electron chi connectivity index (χ3n) is 2.33. The zero-order valence-electron chi connectivity index (χ0n) is 8.63. The van der Waals surface area contributed by atoms with Gasteiger partial charge >= 0.3 is 0 Å². The number of benzene rings is 1. The Balaban J connectivity index is 2.78. The average Bonchev–Trinajstić information content (AvgIpc) is 2.32.